The van der Waals surface area contributed by atoms with Gasteiger partial charge in [0.2, 0.25) is 5.91 Å². The number of rotatable bonds is 4. The maximum Gasteiger partial charge on any atom is 0.239 e. The van der Waals surface area contributed by atoms with E-state index in [1.54, 1.807) is 0 Å². The summed E-state index contributed by atoms with van der Waals surface area (Å²) in [5, 5.41) is 6.08. The van der Waals surface area contributed by atoms with Crippen molar-refractivity contribution in [1.29, 1.82) is 0 Å². The Balaban J connectivity index is 1.78. The molecule has 1 aliphatic heterocycles. The lowest BCUT2D eigenvalue weighted by Gasteiger charge is -2.23. The molecule has 1 fully saturated rings. The molecule has 0 aromatic heterocycles. The second-order valence-electron chi connectivity index (χ2n) is 4.63. The lowest BCUT2D eigenvalue weighted by molar-refractivity contribution is -0.121. The third kappa shape index (κ3) is 3.46. The van der Waals surface area contributed by atoms with E-state index in [1.165, 1.54) is 0 Å². The number of benzene rings is 1. The summed E-state index contributed by atoms with van der Waals surface area (Å²) in [6.45, 7) is 3.63. The van der Waals surface area contributed by atoms with Crippen molar-refractivity contribution in [3.8, 4) is 0 Å². The minimum absolute atomic E-state index is 0.00172. The fourth-order valence-corrected chi connectivity index (χ4v) is 1.88. The van der Waals surface area contributed by atoms with Crippen molar-refractivity contribution in [3.05, 3.63) is 30.3 Å². The standard InChI is InChI=1S/C13H18N2O2/c1-13(7-8-17-10-13)15-12(16)9-14-11-5-3-2-4-6-11/h2-6,14H,7-10H2,1H3,(H,15,16). The molecular weight excluding hydrogens is 216 g/mol. The van der Waals surface area contributed by atoms with Crippen LogP contribution in [0, 0.1) is 0 Å². The van der Waals surface area contributed by atoms with Gasteiger partial charge < -0.3 is 15.4 Å². The Bertz CT molecular complexity index is 372. The van der Waals surface area contributed by atoms with Gasteiger partial charge in [-0.25, -0.2) is 0 Å². The number of hydrogen-bond acceptors (Lipinski definition) is 3. The van der Waals surface area contributed by atoms with E-state index in [0.29, 0.717) is 13.2 Å². The number of ether oxygens (including phenoxy) is 1. The molecule has 1 amide bonds. The third-order valence-corrected chi connectivity index (χ3v) is 2.89. The largest absolute Gasteiger partial charge is 0.379 e. The monoisotopic (exact) mass is 234 g/mol. The number of anilines is 1. The molecule has 92 valence electrons. The van der Waals surface area contributed by atoms with Crippen LogP contribution in [0.1, 0.15) is 13.3 Å². The lowest BCUT2D eigenvalue weighted by Crippen LogP contribution is -2.48. The van der Waals surface area contributed by atoms with Crippen LogP contribution in [0.4, 0.5) is 5.69 Å². The second-order valence-corrected chi connectivity index (χ2v) is 4.63. The molecule has 2 N–H and O–H groups in total. The van der Waals surface area contributed by atoms with Crippen LogP contribution in [-0.4, -0.2) is 31.2 Å². The van der Waals surface area contributed by atoms with Gasteiger partial charge in [0.25, 0.3) is 0 Å². The molecule has 0 spiro atoms. The highest BCUT2D eigenvalue weighted by Gasteiger charge is 2.30. The zero-order chi connectivity index (χ0) is 12.1. The second kappa shape index (κ2) is 5.19. The van der Waals surface area contributed by atoms with Crippen LogP contribution in [0.5, 0.6) is 0 Å². The molecule has 1 aliphatic rings. The van der Waals surface area contributed by atoms with Gasteiger partial charge in [-0.05, 0) is 25.5 Å². The summed E-state index contributed by atoms with van der Waals surface area (Å²) in [4.78, 5) is 11.7. The molecule has 0 radical (unpaired) electrons. The van der Waals surface area contributed by atoms with E-state index in [2.05, 4.69) is 10.6 Å². The maximum absolute atomic E-state index is 11.7. The number of para-hydroxylation sites is 1. The Morgan fingerprint density at radius 2 is 2.18 bits per heavy atom. The highest BCUT2D eigenvalue weighted by Crippen LogP contribution is 2.17. The third-order valence-electron chi connectivity index (χ3n) is 2.89. The molecule has 17 heavy (non-hydrogen) atoms. The van der Waals surface area contributed by atoms with Crippen molar-refractivity contribution >= 4 is 11.6 Å². The van der Waals surface area contributed by atoms with Crippen molar-refractivity contribution in [3.63, 3.8) is 0 Å². The Labute approximate surface area is 101 Å². The van der Waals surface area contributed by atoms with Crippen LogP contribution in [-0.2, 0) is 9.53 Å². The van der Waals surface area contributed by atoms with Crippen LogP contribution in [0.3, 0.4) is 0 Å². The fourth-order valence-electron chi connectivity index (χ4n) is 1.88. The van der Waals surface area contributed by atoms with E-state index < -0.39 is 0 Å². The SMILES string of the molecule is CC1(NC(=O)CNc2ccccc2)CCOC1. The molecule has 1 atom stereocenters. The molecule has 0 bridgehead atoms. The normalized spacial score (nSPS) is 23.4. The summed E-state index contributed by atoms with van der Waals surface area (Å²) < 4.78 is 5.29. The minimum Gasteiger partial charge on any atom is -0.379 e. The van der Waals surface area contributed by atoms with E-state index in [0.717, 1.165) is 18.7 Å². The van der Waals surface area contributed by atoms with Crippen LogP contribution < -0.4 is 10.6 Å². The average Bonchev–Trinajstić information content (AvgIpc) is 2.74. The van der Waals surface area contributed by atoms with Crippen LogP contribution in [0.2, 0.25) is 0 Å². The highest BCUT2D eigenvalue weighted by molar-refractivity contribution is 5.81. The van der Waals surface area contributed by atoms with Crippen molar-refractivity contribution in [2.75, 3.05) is 25.1 Å². The Kier molecular flexibility index (Phi) is 3.64. The molecule has 4 nitrogen and oxygen atoms in total. The fraction of sp³-hybridized carbons (Fsp3) is 0.462. The van der Waals surface area contributed by atoms with Crippen molar-refractivity contribution < 1.29 is 9.53 Å². The van der Waals surface area contributed by atoms with Gasteiger partial charge in [0.1, 0.15) is 0 Å². The van der Waals surface area contributed by atoms with Gasteiger partial charge in [-0.3, -0.25) is 4.79 Å². The summed E-state index contributed by atoms with van der Waals surface area (Å²) in [6.07, 6.45) is 0.879. The molecule has 0 aliphatic carbocycles. The van der Waals surface area contributed by atoms with Crippen LogP contribution in [0.15, 0.2) is 30.3 Å². The Morgan fingerprint density at radius 1 is 1.41 bits per heavy atom. The summed E-state index contributed by atoms with van der Waals surface area (Å²) in [6, 6.07) is 9.70. The Hall–Kier alpha value is -1.55. The van der Waals surface area contributed by atoms with Gasteiger partial charge in [-0.2, -0.15) is 0 Å². The van der Waals surface area contributed by atoms with E-state index in [1.807, 2.05) is 37.3 Å². The zero-order valence-corrected chi connectivity index (χ0v) is 10.0. The van der Waals surface area contributed by atoms with E-state index in [9.17, 15) is 4.79 Å². The van der Waals surface area contributed by atoms with Gasteiger partial charge in [0.05, 0.1) is 18.7 Å². The first-order valence-corrected chi connectivity index (χ1v) is 5.86. The van der Waals surface area contributed by atoms with Gasteiger partial charge in [-0.15, -0.1) is 0 Å². The summed E-state index contributed by atoms with van der Waals surface area (Å²) in [7, 11) is 0. The molecule has 0 saturated carbocycles. The predicted molar refractivity (Wildman–Crippen MR) is 66.9 cm³/mol. The van der Waals surface area contributed by atoms with Crippen LogP contribution >= 0.6 is 0 Å². The van der Waals surface area contributed by atoms with Crippen molar-refractivity contribution in [2.24, 2.45) is 0 Å². The van der Waals surface area contributed by atoms with Crippen molar-refractivity contribution in [2.45, 2.75) is 18.9 Å². The Morgan fingerprint density at radius 3 is 2.82 bits per heavy atom. The first-order chi connectivity index (χ1) is 8.18. The van der Waals surface area contributed by atoms with Gasteiger partial charge in [-0.1, -0.05) is 18.2 Å². The summed E-state index contributed by atoms with van der Waals surface area (Å²) in [5.41, 5.74) is 0.755. The van der Waals surface area contributed by atoms with E-state index in [4.69, 9.17) is 4.74 Å². The van der Waals surface area contributed by atoms with E-state index >= 15 is 0 Å². The highest BCUT2D eigenvalue weighted by atomic mass is 16.5. The van der Waals surface area contributed by atoms with Crippen LogP contribution in [0.25, 0.3) is 0 Å². The number of amides is 1. The molecule has 1 aromatic carbocycles. The van der Waals surface area contributed by atoms with Gasteiger partial charge in [0, 0.05) is 12.3 Å². The first-order valence-electron chi connectivity index (χ1n) is 5.86. The quantitative estimate of drug-likeness (QED) is 0.827. The van der Waals surface area contributed by atoms with E-state index in [-0.39, 0.29) is 11.4 Å². The van der Waals surface area contributed by atoms with Gasteiger partial charge >= 0.3 is 0 Å². The number of nitrogens with one attached hydrogen (secondary N) is 2. The van der Waals surface area contributed by atoms with Crippen molar-refractivity contribution in [1.82, 2.24) is 5.32 Å². The number of carbonyl (C=O) groups is 1. The maximum atomic E-state index is 11.7. The molecule has 1 heterocycles. The summed E-state index contributed by atoms with van der Waals surface area (Å²) >= 11 is 0. The lowest BCUT2D eigenvalue weighted by atomic mass is 10.0. The molecule has 1 saturated heterocycles. The number of hydrogen-bond donors (Lipinski definition) is 2. The molecule has 4 heteroatoms. The minimum atomic E-state index is -0.199. The zero-order valence-electron chi connectivity index (χ0n) is 10.0. The molecule has 1 aromatic rings. The van der Waals surface area contributed by atoms with Gasteiger partial charge in [0.15, 0.2) is 0 Å². The topological polar surface area (TPSA) is 50.4 Å². The molecule has 1 unspecified atom stereocenters. The smallest absolute Gasteiger partial charge is 0.239 e. The average molecular weight is 234 g/mol. The first kappa shape index (κ1) is 11.9. The predicted octanol–water partition coefficient (Wildman–Crippen LogP) is 1.39. The molecular formula is C13H18N2O2. The number of carbonyl (C=O) groups excluding carboxylic acids is 1. The summed E-state index contributed by atoms with van der Waals surface area (Å²) in [5.74, 6) is 0.00172. The molecule has 2 rings (SSSR count).